The standard InChI is InChI=1S/C21H24N2O2S/c1-5-23-18-10-9-17(25-6-2)13-19(18)26-21(23)22-20(24)12-16-8-7-14(3)15(4)11-16/h7-11,13H,5-6,12H2,1-4H3. The van der Waals surface area contributed by atoms with E-state index >= 15 is 0 Å². The molecule has 2 aromatic carbocycles. The van der Waals surface area contributed by atoms with E-state index in [9.17, 15) is 4.79 Å². The maximum absolute atomic E-state index is 12.5. The molecule has 0 bridgehead atoms. The Bertz CT molecular complexity index is 1010. The number of benzene rings is 2. The fourth-order valence-corrected chi connectivity index (χ4v) is 4.07. The number of ether oxygens (including phenoxy) is 1. The van der Waals surface area contributed by atoms with Gasteiger partial charge >= 0.3 is 0 Å². The van der Waals surface area contributed by atoms with Gasteiger partial charge in [-0.05, 0) is 62.6 Å². The van der Waals surface area contributed by atoms with E-state index in [1.54, 1.807) is 0 Å². The van der Waals surface area contributed by atoms with E-state index in [1.807, 2.05) is 31.2 Å². The lowest BCUT2D eigenvalue weighted by Gasteiger charge is -2.04. The Hall–Kier alpha value is -2.40. The molecular formula is C21H24N2O2S. The van der Waals surface area contributed by atoms with E-state index in [0.717, 1.165) is 32.9 Å². The van der Waals surface area contributed by atoms with Crippen LogP contribution in [0.1, 0.15) is 30.5 Å². The highest BCUT2D eigenvalue weighted by atomic mass is 32.1. The fraction of sp³-hybridized carbons (Fsp3) is 0.333. The van der Waals surface area contributed by atoms with Gasteiger partial charge in [0, 0.05) is 6.54 Å². The van der Waals surface area contributed by atoms with Gasteiger partial charge in [0.1, 0.15) is 5.75 Å². The average molecular weight is 369 g/mol. The van der Waals surface area contributed by atoms with Crippen molar-refractivity contribution >= 4 is 27.5 Å². The minimum Gasteiger partial charge on any atom is -0.494 e. The smallest absolute Gasteiger partial charge is 0.252 e. The van der Waals surface area contributed by atoms with Crippen LogP contribution in [-0.4, -0.2) is 17.1 Å². The summed E-state index contributed by atoms with van der Waals surface area (Å²) in [4.78, 5) is 17.6. The topological polar surface area (TPSA) is 43.6 Å². The summed E-state index contributed by atoms with van der Waals surface area (Å²) in [6.07, 6.45) is 0.323. The number of amides is 1. The van der Waals surface area contributed by atoms with Crippen molar-refractivity contribution < 1.29 is 9.53 Å². The molecule has 3 rings (SSSR count). The summed E-state index contributed by atoms with van der Waals surface area (Å²) >= 11 is 1.53. The zero-order chi connectivity index (χ0) is 18.7. The average Bonchev–Trinajstić information content (AvgIpc) is 2.94. The predicted molar refractivity (Wildman–Crippen MR) is 107 cm³/mol. The van der Waals surface area contributed by atoms with Gasteiger partial charge in [0.2, 0.25) is 0 Å². The third kappa shape index (κ3) is 3.88. The molecule has 1 heterocycles. The number of hydrogen-bond donors (Lipinski definition) is 0. The minimum absolute atomic E-state index is 0.118. The molecule has 4 nitrogen and oxygen atoms in total. The normalized spacial score (nSPS) is 11.9. The van der Waals surface area contributed by atoms with Gasteiger partial charge in [-0.1, -0.05) is 29.5 Å². The first-order chi connectivity index (χ1) is 12.5. The number of rotatable bonds is 5. The number of aromatic nitrogens is 1. The number of aryl methyl sites for hydroxylation is 3. The summed E-state index contributed by atoms with van der Waals surface area (Å²) in [5.74, 6) is 0.726. The molecule has 0 unspecified atom stereocenters. The zero-order valence-corrected chi connectivity index (χ0v) is 16.5. The molecule has 0 spiro atoms. The molecule has 3 aromatic rings. The van der Waals surface area contributed by atoms with Crippen molar-refractivity contribution in [3.05, 3.63) is 57.9 Å². The molecule has 0 aliphatic heterocycles. The van der Waals surface area contributed by atoms with Gasteiger partial charge < -0.3 is 9.30 Å². The lowest BCUT2D eigenvalue weighted by Crippen LogP contribution is -2.16. The Morgan fingerprint density at radius 1 is 1.12 bits per heavy atom. The molecule has 0 aliphatic carbocycles. The maximum Gasteiger partial charge on any atom is 0.252 e. The molecule has 0 radical (unpaired) electrons. The lowest BCUT2D eigenvalue weighted by molar-refractivity contribution is -0.117. The summed E-state index contributed by atoms with van der Waals surface area (Å²) in [7, 11) is 0. The van der Waals surface area contributed by atoms with Crippen LogP contribution in [0.5, 0.6) is 5.75 Å². The van der Waals surface area contributed by atoms with Crippen LogP contribution in [0, 0.1) is 13.8 Å². The second kappa shape index (κ2) is 7.87. The first kappa shape index (κ1) is 18.4. The molecule has 0 aliphatic rings. The number of carbonyl (C=O) groups excluding carboxylic acids is 1. The summed E-state index contributed by atoms with van der Waals surface area (Å²) in [6, 6.07) is 12.1. The molecule has 1 amide bonds. The quantitative estimate of drug-likeness (QED) is 0.669. The summed E-state index contributed by atoms with van der Waals surface area (Å²) in [6.45, 7) is 9.57. The predicted octanol–water partition coefficient (Wildman–Crippen LogP) is 4.41. The molecule has 5 heteroatoms. The van der Waals surface area contributed by atoms with Crippen LogP contribution in [0.3, 0.4) is 0 Å². The Balaban J connectivity index is 1.94. The summed E-state index contributed by atoms with van der Waals surface area (Å²) in [5.41, 5.74) is 4.52. The number of fused-ring (bicyclic) bond motifs is 1. The first-order valence-electron chi connectivity index (χ1n) is 8.91. The number of hydrogen-bond acceptors (Lipinski definition) is 3. The Kier molecular flexibility index (Phi) is 5.57. The van der Waals surface area contributed by atoms with Crippen molar-refractivity contribution in [2.75, 3.05) is 6.61 Å². The molecule has 0 atom stereocenters. The van der Waals surface area contributed by atoms with Gasteiger partial charge in [0.15, 0.2) is 4.80 Å². The van der Waals surface area contributed by atoms with E-state index in [4.69, 9.17) is 4.74 Å². The van der Waals surface area contributed by atoms with Gasteiger partial charge in [-0.3, -0.25) is 4.79 Å². The second-order valence-electron chi connectivity index (χ2n) is 6.29. The van der Waals surface area contributed by atoms with Crippen LogP contribution < -0.4 is 9.54 Å². The van der Waals surface area contributed by atoms with Crippen LogP contribution in [0.4, 0.5) is 0 Å². The van der Waals surface area contributed by atoms with Gasteiger partial charge in [-0.15, -0.1) is 0 Å². The molecule has 0 saturated carbocycles. The number of thiazole rings is 1. The molecule has 0 N–H and O–H groups in total. The minimum atomic E-state index is -0.118. The Morgan fingerprint density at radius 3 is 2.62 bits per heavy atom. The van der Waals surface area contributed by atoms with Crippen LogP contribution in [-0.2, 0) is 17.8 Å². The maximum atomic E-state index is 12.5. The molecule has 1 aromatic heterocycles. The van der Waals surface area contributed by atoms with Crippen LogP contribution >= 0.6 is 11.3 Å². The summed E-state index contributed by atoms with van der Waals surface area (Å²) in [5, 5.41) is 0. The van der Waals surface area contributed by atoms with Crippen LogP contribution in [0.15, 0.2) is 41.4 Å². The van der Waals surface area contributed by atoms with E-state index in [-0.39, 0.29) is 5.91 Å². The van der Waals surface area contributed by atoms with E-state index in [1.165, 1.54) is 22.5 Å². The highest BCUT2D eigenvalue weighted by Crippen LogP contribution is 2.23. The molecule has 0 fully saturated rings. The van der Waals surface area contributed by atoms with Crippen LogP contribution in [0.2, 0.25) is 0 Å². The summed E-state index contributed by atoms with van der Waals surface area (Å²) < 4.78 is 8.73. The first-order valence-corrected chi connectivity index (χ1v) is 9.73. The highest BCUT2D eigenvalue weighted by molar-refractivity contribution is 7.16. The monoisotopic (exact) mass is 368 g/mol. The van der Waals surface area contributed by atoms with Crippen LogP contribution in [0.25, 0.3) is 10.2 Å². The second-order valence-corrected chi connectivity index (χ2v) is 7.30. The third-order valence-corrected chi connectivity index (χ3v) is 5.47. The largest absolute Gasteiger partial charge is 0.494 e. The van der Waals surface area contributed by atoms with Crippen molar-refractivity contribution in [3.8, 4) is 5.75 Å². The SMILES string of the molecule is CCOc1ccc2c(c1)sc(=NC(=O)Cc1ccc(C)c(C)c1)n2CC. The number of nitrogens with zero attached hydrogens (tertiary/aromatic N) is 2. The van der Waals surface area contributed by atoms with E-state index < -0.39 is 0 Å². The highest BCUT2D eigenvalue weighted by Gasteiger charge is 2.09. The Morgan fingerprint density at radius 2 is 1.92 bits per heavy atom. The van der Waals surface area contributed by atoms with E-state index in [0.29, 0.717) is 13.0 Å². The fourth-order valence-electron chi connectivity index (χ4n) is 2.94. The molecule has 0 saturated heterocycles. The Labute approximate surface area is 157 Å². The van der Waals surface area contributed by atoms with Crippen molar-refractivity contribution in [2.45, 2.75) is 40.7 Å². The number of carbonyl (C=O) groups is 1. The van der Waals surface area contributed by atoms with E-state index in [2.05, 4.69) is 42.5 Å². The van der Waals surface area contributed by atoms with Crippen molar-refractivity contribution in [1.82, 2.24) is 4.57 Å². The van der Waals surface area contributed by atoms with Gasteiger partial charge in [-0.2, -0.15) is 4.99 Å². The van der Waals surface area contributed by atoms with Gasteiger partial charge in [0.05, 0.1) is 23.2 Å². The van der Waals surface area contributed by atoms with Crippen molar-refractivity contribution in [1.29, 1.82) is 0 Å². The van der Waals surface area contributed by atoms with Gasteiger partial charge in [0.25, 0.3) is 5.91 Å². The lowest BCUT2D eigenvalue weighted by atomic mass is 10.0. The van der Waals surface area contributed by atoms with Gasteiger partial charge in [-0.25, -0.2) is 0 Å². The third-order valence-electron chi connectivity index (χ3n) is 4.43. The molecule has 136 valence electrons. The molecule has 26 heavy (non-hydrogen) atoms. The van der Waals surface area contributed by atoms with Crippen molar-refractivity contribution in [2.24, 2.45) is 4.99 Å². The van der Waals surface area contributed by atoms with Crippen molar-refractivity contribution in [3.63, 3.8) is 0 Å². The zero-order valence-electron chi connectivity index (χ0n) is 15.7. The molecular weight excluding hydrogens is 344 g/mol.